The summed E-state index contributed by atoms with van der Waals surface area (Å²) in [5, 5.41) is 0. The average molecular weight is 491 g/mol. The molecule has 1 aromatic rings. The van der Waals surface area contributed by atoms with Gasteiger partial charge in [-0.2, -0.15) is 0 Å². The molecule has 0 bridgehead atoms. The van der Waals surface area contributed by atoms with E-state index in [1.165, 1.54) is 36.5 Å². The van der Waals surface area contributed by atoms with Gasteiger partial charge in [-0.15, -0.1) is 47.0 Å². The second-order valence-corrected chi connectivity index (χ2v) is 14.7. The second-order valence-electron chi connectivity index (χ2n) is 5.10. The topological polar surface area (TPSA) is 0 Å². The van der Waals surface area contributed by atoms with E-state index in [0.717, 1.165) is 11.5 Å². The first-order valence-corrected chi connectivity index (χ1v) is 15.3. The van der Waals surface area contributed by atoms with E-state index in [9.17, 15) is 0 Å². The van der Waals surface area contributed by atoms with Crippen LogP contribution in [0.2, 0.25) is 0 Å². The molecule has 2 aliphatic heterocycles. The van der Waals surface area contributed by atoms with E-state index in [0.29, 0.717) is 0 Å². The molecule has 0 aromatic heterocycles. The SMILES string of the molecule is C=C1SC(SC)=C(SCc2ccc(CSC3=C(SC)SC(=C)S3)cc2)S1. The third-order valence-corrected chi connectivity index (χ3v) is 13.5. The Kier molecular flexibility index (Phi) is 8.90. The molecule has 138 valence electrons. The Labute approximate surface area is 190 Å². The first-order chi connectivity index (χ1) is 12.6. The van der Waals surface area contributed by atoms with Crippen LogP contribution in [0.25, 0.3) is 0 Å². The van der Waals surface area contributed by atoms with Crippen LogP contribution in [0.4, 0.5) is 0 Å². The molecule has 0 aliphatic carbocycles. The van der Waals surface area contributed by atoms with Crippen molar-refractivity contribution < 1.29 is 0 Å². The summed E-state index contributed by atoms with van der Waals surface area (Å²) in [6, 6.07) is 9.07. The van der Waals surface area contributed by atoms with Gasteiger partial charge in [-0.1, -0.05) is 84.5 Å². The lowest BCUT2D eigenvalue weighted by molar-refractivity contribution is 1.35. The van der Waals surface area contributed by atoms with Crippen molar-refractivity contribution in [2.24, 2.45) is 0 Å². The van der Waals surface area contributed by atoms with E-state index in [-0.39, 0.29) is 0 Å². The number of benzene rings is 1. The van der Waals surface area contributed by atoms with Gasteiger partial charge in [0.05, 0.1) is 16.9 Å². The summed E-state index contributed by atoms with van der Waals surface area (Å²) in [4.78, 5) is 0. The zero-order valence-corrected chi connectivity index (χ0v) is 20.9. The maximum atomic E-state index is 4.08. The molecule has 0 nitrogen and oxygen atoms in total. The fourth-order valence-electron chi connectivity index (χ4n) is 2.08. The van der Waals surface area contributed by atoms with Crippen molar-refractivity contribution in [1.29, 1.82) is 0 Å². The van der Waals surface area contributed by atoms with Crippen LogP contribution in [0.5, 0.6) is 0 Å². The van der Waals surface area contributed by atoms with Crippen LogP contribution >= 0.6 is 94.1 Å². The normalized spacial score (nSPS) is 17.8. The van der Waals surface area contributed by atoms with Gasteiger partial charge in [-0.3, -0.25) is 0 Å². The van der Waals surface area contributed by atoms with E-state index >= 15 is 0 Å². The van der Waals surface area contributed by atoms with E-state index in [2.05, 4.69) is 49.9 Å². The van der Waals surface area contributed by atoms with Gasteiger partial charge in [0.15, 0.2) is 0 Å². The minimum atomic E-state index is 1.02. The number of rotatable bonds is 8. The van der Waals surface area contributed by atoms with Crippen molar-refractivity contribution in [3.8, 4) is 0 Å². The van der Waals surface area contributed by atoms with Crippen molar-refractivity contribution in [2.75, 3.05) is 12.5 Å². The van der Waals surface area contributed by atoms with Gasteiger partial charge in [0.25, 0.3) is 0 Å². The van der Waals surface area contributed by atoms with Gasteiger partial charge in [0.2, 0.25) is 0 Å². The summed E-state index contributed by atoms with van der Waals surface area (Å²) >= 11 is 14.7. The third kappa shape index (κ3) is 5.99. The predicted octanol–water partition coefficient (Wildman–Crippen LogP) is 9.03. The van der Waals surface area contributed by atoms with Gasteiger partial charge in [0.1, 0.15) is 0 Å². The molecule has 2 aliphatic rings. The van der Waals surface area contributed by atoms with E-state index in [4.69, 9.17) is 0 Å². The van der Waals surface area contributed by atoms with Crippen molar-refractivity contribution in [3.05, 3.63) is 74.0 Å². The zero-order valence-electron chi connectivity index (χ0n) is 14.4. The molecule has 8 heteroatoms. The number of thioether (sulfide) groups is 8. The van der Waals surface area contributed by atoms with Crippen LogP contribution in [0, 0.1) is 0 Å². The Morgan fingerprint density at radius 1 is 0.654 bits per heavy atom. The minimum absolute atomic E-state index is 1.02. The quantitative estimate of drug-likeness (QED) is 0.349. The van der Waals surface area contributed by atoms with Gasteiger partial charge < -0.3 is 0 Å². The van der Waals surface area contributed by atoms with Crippen molar-refractivity contribution in [2.45, 2.75) is 11.5 Å². The zero-order chi connectivity index (χ0) is 18.5. The first kappa shape index (κ1) is 21.7. The molecule has 0 unspecified atom stereocenters. The number of hydrogen-bond donors (Lipinski definition) is 0. The summed E-state index contributed by atoms with van der Waals surface area (Å²) in [5.74, 6) is 2.03. The van der Waals surface area contributed by atoms with Crippen LogP contribution in [0.3, 0.4) is 0 Å². The molecule has 0 N–H and O–H groups in total. The Morgan fingerprint density at radius 2 is 1.00 bits per heavy atom. The monoisotopic (exact) mass is 490 g/mol. The summed E-state index contributed by atoms with van der Waals surface area (Å²) in [7, 11) is 0. The van der Waals surface area contributed by atoms with Crippen molar-refractivity contribution >= 4 is 94.1 Å². The van der Waals surface area contributed by atoms with Crippen LogP contribution in [0.15, 0.2) is 62.8 Å². The minimum Gasteiger partial charge on any atom is -0.121 e. The van der Waals surface area contributed by atoms with Crippen LogP contribution in [-0.4, -0.2) is 12.5 Å². The van der Waals surface area contributed by atoms with Gasteiger partial charge in [0, 0.05) is 20.0 Å². The third-order valence-electron chi connectivity index (χ3n) is 3.29. The summed E-state index contributed by atoms with van der Waals surface area (Å²) in [5.41, 5.74) is 2.76. The Hall–Kier alpha value is 0.980. The molecule has 1 aromatic carbocycles. The molecule has 0 spiro atoms. The summed E-state index contributed by atoms with van der Waals surface area (Å²) < 4.78 is 7.97. The molecule has 0 saturated carbocycles. The molecule has 2 heterocycles. The summed E-state index contributed by atoms with van der Waals surface area (Å²) in [6.45, 7) is 8.16. The van der Waals surface area contributed by atoms with Crippen LogP contribution < -0.4 is 0 Å². The van der Waals surface area contributed by atoms with E-state index < -0.39 is 0 Å². The van der Waals surface area contributed by atoms with Gasteiger partial charge in [-0.25, -0.2) is 0 Å². The second kappa shape index (κ2) is 10.7. The highest BCUT2D eigenvalue weighted by Gasteiger charge is 2.20. The highest BCUT2D eigenvalue weighted by Crippen LogP contribution is 2.57. The van der Waals surface area contributed by atoms with Crippen molar-refractivity contribution in [1.82, 2.24) is 0 Å². The Bertz CT molecular complexity index is 695. The lowest BCUT2D eigenvalue weighted by atomic mass is 10.2. The standard InChI is InChI=1S/C18H18S8/c1-11-23-15(19-3)17(25-11)21-9-13-5-7-14(8-6-13)10-22-18-16(20-4)24-12(2)26-18/h5-8H,1-2,9-10H2,3-4H3. The molecule has 0 radical (unpaired) electrons. The van der Waals surface area contributed by atoms with E-state index in [1.54, 1.807) is 23.5 Å². The van der Waals surface area contributed by atoms with Gasteiger partial charge in [-0.05, 0) is 23.6 Å². The maximum absolute atomic E-state index is 4.08. The predicted molar refractivity (Wildman–Crippen MR) is 139 cm³/mol. The summed E-state index contributed by atoms with van der Waals surface area (Å²) in [6.07, 6.45) is 4.28. The largest absolute Gasteiger partial charge is 0.121 e. The Balaban J connectivity index is 1.52. The maximum Gasteiger partial charge on any atom is 0.0662 e. The average Bonchev–Trinajstić information content (AvgIpc) is 3.20. The highest BCUT2D eigenvalue weighted by molar-refractivity contribution is 8.41. The first-order valence-electron chi connectivity index (χ1n) is 7.58. The molecule has 0 atom stereocenters. The molecule has 3 rings (SSSR count). The fraction of sp³-hybridized carbons (Fsp3) is 0.222. The lowest BCUT2D eigenvalue weighted by Crippen LogP contribution is -1.84. The molecule has 0 amide bonds. The number of hydrogen-bond acceptors (Lipinski definition) is 8. The lowest BCUT2D eigenvalue weighted by Gasteiger charge is -2.06. The fourth-order valence-corrected chi connectivity index (χ4v) is 12.2. The highest BCUT2D eigenvalue weighted by atomic mass is 32.3. The molecular formula is C18H18S8. The Morgan fingerprint density at radius 3 is 1.35 bits per heavy atom. The molecular weight excluding hydrogens is 473 g/mol. The van der Waals surface area contributed by atoms with E-state index in [1.807, 2.05) is 70.6 Å². The molecule has 0 saturated heterocycles. The van der Waals surface area contributed by atoms with Crippen molar-refractivity contribution in [3.63, 3.8) is 0 Å². The smallest absolute Gasteiger partial charge is 0.0662 e. The molecule has 26 heavy (non-hydrogen) atoms. The molecule has 0 fully saturated rings. The van der Waals surface area contributed by atoms with Gasteiger partial charge >= 0.3 is 0 Å². The van der Waals surface area contributed by atoms with Crippen LogP contribution in [-0.2, 0) is 11.5 Å². The van der Waals surface area contributed by atoms with Crippen LogP contribution in [0.1, 0.15) is 11.1 Å².